The Morgan fingerprint density at radius 3 is 1.03 bits per heavy atom. The second kappa shape index (κ2) is 56.2. The van der Waals surface area contributed by atoms with Crippen LogP contribution in [0.3, 0.4) is 0 Å². The monoisotopic (exact) mass is 932 g/mol. The maximum absolute atomic E-state index is 12.5. The molecular weight excluding hydrogens is 815 g/mol. The Morgan fingerprint density at radius 2 is 0.697 bits per heavy atom. The van der Waals surface area contributed by atoms with E-state index in [0.29, 0.717) is 19.4 Å². The van der Waals surface area contributed by atoms with Gasteiger partial charge in [-0.15, -0.1) is 0 Å². The lowest BCUT2D eigenvalue weighted by atomic mass is 10.0. The Kier molecular flexibility index (Phi) is 55.0. The zero-order valence-electron chi connectivity index (χ0n) is 44.7. The van der Waals surface area contributed by atoms with Crippen molar-refractivity contribution in [2.24, 2.45) is 0 Å². The van der Waals surface area contributed by atoms with Crippen molar-refractivity contribution in [1.82, 2.24) is 5.32 Å². The van der Waals surface area contributed by atoms with Crippen molar-refractivity contribution in [2.45, 2.75) is 347 Å². The molecule has 0 aliphatic heterocycles. The molecule has 0 spiro atoms. The summed E-state index contributed by atoms with van der Waals surface area (Å²) in [5.74, 6) is -0.0609. The lowest BCUT2D eigenvalue weighted by Gasteiger charge is -2.20. The first-order chi connectivity index (χ1) is 32.5. The molecule has 0 bridgehead atoms. The summed E-state index contributed by atoms with van der Waals surface area (Å²) >= 11 is 0. The minimum absolute atomic E-state index is 0.00784. The highest BCUT2D eigenvalue weighted by molar-refractivity contribution is 5.76. The molecule has 2 unspecified atom stereocenters. The van der Waals surface area contributed by atoms with Crippen molar-refractivity contribution in [3.8, 4) is 0 Å². The Balaban J connectivity index is 3.44. The van der Waals surface area contributed by atoms with Gasteiger partial charge in [-0.25, -0.2) is 0 Å². The molecule has 1 amide bonds. The van der Waals surface area contributed by atoms with E-state index in [9.17, 15) is 19.8 Å². The molecule has 0 heterocycles. The molecule has 0 radical (unpaired) electrons. The number of ether oxygens (including phenoxy) is 1. The Morgan fingerprint density at radius 1 is 0.409 bits per heavy atom. The molecule has 392 valence electrons. The molecule has 66 heavy (non-hydrogen) atoms. The van der Waals surface area contributed by atoms with Gasteiger partial charge in [0, 0.05) is 12.8 Å². The first kappa shape index (κ1) is 64.6. The number of amides is 1. The maximum atomic E-state index is 12.5. The van der Waals surface area contributed by atoms with Crippen LogP contribution in [0.1, 0.15) is 335 Å². The predicted molar refractivity (Wildman–Crippen MR) is 287 cm³/mol. The van der Waals surface area contributed by atoms with E-state index >= 15 is 0 Å². The molecule has 0 aromatic carbocycles. The number of aliphatic hydroxyl groups excluding tert-OH is 2. The van der Waals surface area contributed by atoms with E-state index in [0.717, 1.165) is 38.5 Å². The van der Waals surface area contributed by atoms with Gasteiger partial charge >= 0.3 is 5.97 Å². The fourth-order valence-electron chi connectivity index (χ4n) is 9.46. The molecule has 0 saturated heterocycles. The highest BCUT2D eigenvalue weighted by atomic mass is 16.5. The number of nitrogens with one attached hydrogen (secondary N) is 1. The molecule has 0 fully saturated rings. The highest BCUT2D eigenvalue weighted by Crippen LogP contribution is 2.18. The second-order valence-electron chi connectivity index (χ2n) is 20.7. The normalized spacial score (nSPS) is 12.6. The van der Waals surface area contributed by atoms with E-state index < -0.39 is 12.1 Å². The van der Waals surface area contributed by atoms with Gasteiger partial charge in [0.25, 0.3) is 0 Å². The molecule has 0 aliphatic carbocycles. The van der Waals surface area contributed by atoms with Crippen LogP contribution in [0.5, 0.6) is 0 Å². The van der Waals surface area contributed by atoms with Gasteiger partial charge in [-0.05, 0) is 32.1 Å². The third-order valence-electron chi connectivity index (χ3n) is 14.1. The Bertz CT molecular complexity index is 986. The van der Waals surface area contributed by atoms with Crippen LogP contribution in [0.15, 0.2) is 12.2 Å². The summed E-state index contributed by atoms with van der Waals surface area (Å²) in [4.78, 5) is 24.5. The molecular formula is C60H117NO5. The topological polar surface area (TPSA) is 95.9 Å². The first-order valence-electron chi connectivity index (χ1n) is 30.0. The third kappa shape index (κ3) is 52.0. The third-order valence-corrected chi connectivity index (χ3v) is 14.1. The van der Waals surface area contributed by atoms with Crippen molar-refractivity contribution in [2.75, 3.05) is 13.2 Å². The number of rotatable bonds is 56. The van der Waals surface area contributed by atoms with Crippen LogP contribution < -0.4 is 5.32 Å². The molecule has 0 aromatic heterocycles. The van der Waals surface area contributed by atoms with Gasteiger partial charge in [0.2, 0.25) is 5.91 Å². The van der Waals surface area contributed by atoms with Crippen LogP contribution in [0.2, 0.25) is 0 Å². The van der Waals surface area contributed by atoms with E-state index in [1.54, 1.807) is 6.08 Å². The van der Waals surface area contributed by atoms with Crippen molar-refractivity contribution in [3.63, 3.8) is 0 Å². The minimum Gasteiger partial charge on any atom is -0.466 e. The summed E-state index contributed by atoms with van der Waals surface area (Å²) in [5, 5.41) is 23.2. The molecule has 2 atom stereocenters. The van der Waals surface area contributed by atoms with Gasteiger partial charge < -0.3 is 20.3 Å². The van der Waals surface area contributed by atoms with Crippen LogP contribution in [0.4, 0.5) is 0 Å². The summed E-state index contributed by atoms with van der Waals surface area (Å²) in [6.07, 6.45) is 66.6. The fraction of sp³-hybridized carbons (Fsp3) is 0.933. The number of allylic oxidation sites excluding steroid dienone is 1. The summed E-state index contributed by atoms with van der Waals surface area (Å²) < 4.78 is 5.47. The zero-order chi connectivity index (χ0) is 47.9. The molecule has 0 saturated carbocycles. The number of carbonyl (C=O) groups excluding carboxylic acids is 2. The Labute approximate surface area is 412 Å². The summed E-state index contributed by atoms with van der Waals surface area (Å²) in [7, 11) is 0. The van der Waals surface area contributed by atoms with Gasteiger partial charge in [0.1, 0.15) is 0 Å². The molecule has 0 rings (SSSR count). The zero-order valence-corrected chi connectivity index (χ0v) is 44.7. The van der Waals surface area contributed by atoms with Crippen LogP contribution in [-0.2, 0) is 14.3 Å². The van der Waals surface area contributed by atoms with Crippen LogP contribution in [0.25, 0.3) is 0 Å². The molecule has 6 nitrogen and oxygen atoms in total. The van der Waals surface area contributed by atoms with Crippen molar-refractivity contribution in [1.29, 1.82) is 0 Å². The second-order valence-corrected chi connectivity index (χ2v) is 20.7. The van der Waals surface area contributed by atoms with Gasteiger partial charge in [-0.1, -0.05) is 302 Å². The average molecular weight is 933 g/mol. The van der Waals surface area contributed by atoms with Crippen molar-refractivity contribution < 1.29 is 24.5 Å². The summed E-state index contributed by atoms with van der Waals surface area (Å²) in [6.45, 7) is 4.92. The number of hydrogen-bond donors (Lipinski definition) is 3. The fourth-order valence-corrected chi connectivity index (χ4v) is 9.46. The predicted octanol–water partition coefficient (Wildman–Crippen LogP) is 18.5. The number of esters is 1. The first-order valence-corrected chi connectivity index (χ1v) is 30.0. The molecule has 0 aromatic rings. The van der Waals surface area contributed by atoms with Gasteiger partial charge in [-0.2, -0.15) is 0 Å². The summed E-state index contributed by atoms with van der Waals surface area (Å²) in [5.41, 5.74) is 0. The Hall–Kier alpha value is -1.40. The van der Waals surface area contributed by atoms with Gasteiger partial charge in [0.15, 0.2) is 0 Å². The van der Waals surface area contributed by atoms with Crippen LogP contribution in [-0.4, -0.2) is 47.4 Å². The number of aliphatic hydroxyl groups is 2. The minimum atomic E-state index is -0.847. The smallest absolute Gasteiger partial charge is 0.305 e. The van der Waals surface area contributed by atoms with Crippen molar-refractivity contribution >= 4 is 11.9 Å². The van der Waals surface area contributed by atoms with Crippen molar-refractivity contribution in [3.05, 3.63) is 12.2 Å². The number of hydrogen-bond acceptors (Lipinski definition) is 5. The lowest BCUT2D eigenvalue weighted by Crippen LogP contribution is -2.45. The van der Waals surface area contributed by atoms with E-state index in [1.165, 1.54) is 270 Å². The SMILES string of the molecule is CCCCCCCCCCCCCCCCCCC/C=C/C(O)C(CO)NC(=O)CCCCCCCCCCCCCCCCCCCCOC(=O)CCCCCCCCCCCCCC. The standard InChI is InChI=1S/C60H117NO5/c1-3-5-7-9-11-13-15-17-18-19-20-23-26-29-32-36-40-44-48-52-58(63)57(56-62)61-59(64)53-49-45-41-37-33-30-27-24-21-22-25-28-31-35-39-43-47-51-55-66-60(65)54-50-46-42-38-34-16-14-12-10-8-6-4-2/h48,52,57-58,62-63H,3-47,49-51,53-56H2,1-2H3,(H,61,64)/b52-48+. The van der Waals surface area contributed by atoms with Crippen LogP contribution in [0, 0.1) is 0 Å². The highest BCUT2D eigenvalue weighted by Gasteiger charge is 2.18. The van der Waals surface area contributed by atoms with Crippen LogP contribution >= 0.6 is 0 Å². The number of unbranched alkanes of at least 4 members (excludes halogenated alkanes) is 45. The molecule has 6 heteroatoms. The molecule has 3 N–H and O–H groups in total. The van der Waals surface area contributed by atoms with E-state index in [2.05, 4.69) is 19.2 Å². The number of carbonyl (C=O) groups is 2. The van der Waals surface area contributed by atoms with Gasteiger partial charge in [-0.3, -0.25) is 9.59 Å². The van der Waals surface area contributed by atoms with Gasteiger partial charge in [0.05, 0.1) is 25.4 Å². The van der Waals surface area contributed by atoms with E-state index in [4.69, 9.17) is 4.74 Å². The quantitative estimate of drug-likeness (QED) is 0.0321. The van der Waals surface area contributed by atoms with E-state index in [-0.39, 0.29) is 18.5 Å². The van der Waals surface area contributed by atoms with E-state index in [1.807, 2.05) is 6.08 Å². The average Bonchev–Trinajstić information content (AvgIpc) is 3.32. The maximum Gasteiger partial charge on any atom is 0.305 e. The molecule has 0 aliphatic rings. The summed E-state index contributed by atoms with van der Waals surface area (Å²) in [6, 6.07) is -0.630. The largest absolute Gasteiger partial charge is 0.466 e. The lowest BCUT2D eigenvalue weighted by molar-refractivity contribution is -0.143.